The maximum atomic E-state index is 13.8. The second-order valence-corrected chi connectivity index (χ2v) is 16.4. The average Bonchev–Trinajstić information content (AvgIpc) is 4.05. The Kier molecular flexibility index (Phi) is 13.3. The normalized spacial score (nSPS) is 18.1. The number of hydrogen-bond donors (Lipinski definition) is 4. The van der Waals surface area contributed by atoms with E-state index < -0.39 is 36.0 Å². The van der Waals surface area contributed by atoms with Crippen LogP contribution in [0.4, 0.5) is 16.2 Å². The fraction of sp³-hybridized carbons (Fsp3) is 0.354. The fourth-order valence-corrected chi connectivity index (χ4v) is 8.03. The SMILES string of the molecule is COc1cc2c(cc1OCCCOc1cc3c(cc1OC)C(=O)N1C=C(c4ccc5c(c4)OCO5)C[C@H]1C=N3)N=C[C@@H]1CC(C#CCNC(=O)[C@H](C)NC(=O)[C@H](NC(=O)O)C(C)C)=CN1C2=O. The summed E-state index contributed by atoms with van der Waals surface area (Å²) in [5.41, 5.74) is 4.19. The monoisotopic (exact) mass is 915 g/mol. The molecule has 0 aliphatic carbocycles. The molecule has 4 atom stereocenters. The van der Waals surface area contributed by atoms with Crippen molar-refractivity contribution in [1.82, 2.24) is 25.8 Å². The standard InChI is InChI=1S/C48H49N7O12/c1-26(2)43(53-48(60)61)45(57)52-27(3)44(56)49-11-6-8-28-14-31-21-50-35-19-41(38(62-4)17-33(35)46(58)54(31)23-28)64-12-7-13-65-42-20-36-34(18-39(42)63-5)47(59)55-24-30(15-32(55)22-51-36)29-9-10-37-40(16-29)67-25-66-37/h9-10,16-24,26-27,31-32,43,53H,7,11-15,25H2,1-5H3,(H,49,56)(H,52,57)(H,60,61)/t27-,31-,32-,43+/m0/s1. The van der Waals surface area contributed by atoms with E-state index in [2.05, 4.69) is 32.8 Å². The first-order valence-corrected chi connectivity index (χ1v) is 21.6. The summed E-state index contributed by atoms with van der Waals surface area (Å²) in [6.45, 7) is 5.51. The predicted octanol–water partition coefficient (Wildman–Crippen LogP) is 4.98. The van der Waals surface area contributed by atoms with E-state index in [9.17, 15) is 24.0 Å². The molecule has 0 fully saturated rings. The Morgan fingerprint density at radius 3 is 2.01 bits per heavy atom. The molecule has 8 rings (SSSR count). The topological polar surface area (TPSA) is 228 Å². The summed E-state index contributed by atoms with van der Waals surface area (Å²) in [7, 11) is 3.00. The van der Waals surface area contributed by atoms with Gasteiger partial charge in [0.2, 0.25) is 18.6 Å². The summed E-state index contributed by atoms with van der Waals surface area (Å²) < 4.78 is 34.5. The lowest BCUT2D eigenvalue weighted by Gasteiger charge is -2.22. The molecule has 5 aliphatic rings. The van der Waals surface area contributed by atoms with Gasteiger partial charge in [-0.1, -0.05) is 31.8 Å². The summed E-state index contributed by atoms with van der Waals surface area (Å²) in [4.78, 5) is 76.4. The zero-order valence-corrected chi connectivity index (χ0v) is 37.4. The van der Waals surface area contributed by atoms with Crippen LogP contribution in [0.25, 0.3) is 5.57 Å². The molecule has 0 saturated carbocycles. The van der Waals surface area contributed by atoms with Crippen LogP contribution < -0.4 is 44.4 Å². The van der Waals surface area contributed by atoms with Gasteiger partial charge in [0.05, 0.1) is 68.6 Å². The summed E-state index contributed by atoms with van der Waals surface area (Å²) in [5.74, 6) is 6.87. The highest BCUT2D eigenvalue weighted by molar-refractivity contribution is 6.06. The third-order valence-corrected chi connectivity index (χ3v) is 11.6. The molecule has 19 heteroatoms. The summed E-state index contributed by atoms with van der Waals surface area (Å²) in [6, 6.07) is 9.75. The van der Waals surface area contributed by atoms with Gasteiger partial charge in [0.15, 0.2) is 34.5 Å². The van der Waals surface area contributed by atoms with E-state index in [0.717, 1.165) is 11.1 Å². The molecule has 3 aromatic rings. The van der Waals surface area contributed by atoms with Crippen molar-refractivity contribution < 1.29 is 57.5 Å². The maximum Gasteiger partial charge on any atom is 0.405 e. The van der Waals surface area contributed by atoms with Crippen molar-refractivity contribution in [3.05, 3.63) is 77.1 Å². The first-order valence-electron chi connectivity index (χ1n) is 21.6. The third kappa shape index (κ3) is 9.83. The van der Waals surface area contributed by atoms with Crippen LogP contribution in [0.5, 0.6) is 34.5 Å². The van der Waals surface area contributed by atoms with Crippen molar-refractivity contribution in [1.29, 1.82) is 0 Å². The van der Waals surface area contributed by atoms with Crippen LogP contribution in [-0.4, -0.2) is 122 Å². The van der Waals surface area contributed by atoms with E-state index in [1.807, 2.05) is 24.4 Å². The second kappa shape index (κ2) is 19.6. The molecule has 3 aromatic carbocycles. The van der Waals surface area contributed by atoms with Gasteiger partial charge in [-0.15, -0.1) is 0 Å². The quantitative estimate of drug-likeness (QED) is 0.117. The summed E-state index contributed by atoms with van der Waals surface area (Å²) >= 11 is 0. The molecule has 0 bridgehead atoms. The van der Waals surface area contributed by atoms with E-state index in [1.165, 1.54) is 21.1 Å². The van der Waals surface area contributed by atoms with E-state index in [0.29, 0.717) is 81.8 Å². The van der Waals surface area contributed by atoms with Crippen molar-refractivity contribution in [2.24, 2.45) is 15.9 Å². The Morgan fingerprint density at radius 2 is 1.40 bits per heavy atom. The number of hydrogen-bond acceptors (Lipinski definition) is 13. The highest BCUT2D eigenvalue weighted by atomic mass is 16.7. The molecule has 0 unspecified atom stereocenters. The van der Waals surface area contributed by atoms with Crippen LogP contribution in [0.3, 0.4) is 0 Å². The molecule has 5 heterocycles. The van der Waals surface area contributed by atoms with Crippen molar-refractivity contribution in [3.63, 3.8) is 0 Å². The van der Waals surface area contributed by atoms with Crippen LogP contribution >= 0.6 is 0 Å². The number of rotatable bonds is 15. The number of carbonyl (C=O) groups is 5. The molecule has 5 amide bonds. The van der Waals surface area contributed by atoms with Crippen molar-refractivity contribution in [3.8, 4) is 46.3 Å². The Hall–Kier alpha value is -8.01. The van der Waals surface area contributed by atoms with Gasteiger partial charge in [-0.2, -0.15) is 0 Å². The molecule has 19 nitrogen and oxygen atoms in total. The van der Waals surface area contributed by atoms with Crippen LogP contribution in [0.1, 0.15) is 66.3 Å². The van der Waals surface area contributed by atoms with Crippen molar-refractivity contribution in [2.45, 2.75) is 64.2 Å². The number of benzene rings is 3. The fourth-order valence-electron chi connectivity index (χ4n) is 8.03. The van der Waals surface area contributed by atoms with Crippen LogP contribution in [0.2, 0.25) is 0 Å². The van der Waals surface area contributed by atoms with E-state index in [-0.39, 0.29) is 50.3 Å². The lowest BCUT2D eigenvalue weighted by atomic mass is 10.0. The van der Waals surface area contributed by atoms with E-state index >= 15 is 0 Å². The number of fused-ring (bicyclic) bond motifs is 5. The van der Waals surface area contributed by atoms with E-state index in [1.54, 1.807) is 66.5 Å². The Balaban J connectivity index is 0.835. The first kappa shape index (κ1) is 45.6. The number of aliphatic imine (C=N–C) groups is 2. The van der Waals surface area contributed by atoms with Gasteiger partial charge in [-0.25, -0.2) is 4.79 Å². The van der Waals surface area contributed by atoms with Crippen molar-refractivity contribution in [2.75, 3.05) is 40.8 Å². The van der Waals surface area contributed by atoms with Gasteiger partial charge in [-0.05, 0) is 48.2 Å². The minimum atomic E-state index is -1.34. The number of carboxylic acid groups (broad SMARTS) is 1. The molecule has 0 saturated heterocycles. The third-order valence-electron chi connectivity index (χ3n) is 11.6. The molecule has 0 spiro atoms. The smallest absolute Gasteiger partial charge is 0.405 e. The van der Waals surface area contributed by atoms with Gasteiger partial charge >= 0.3 is 6.09 Å². The molecule has 0 radical (unpaired) electrons. The maximum absolute atomic E-state index is 13.8. The van der Waals surface area contributed by atoms with E-state index in [4.69, 9.17) is 38.5 Å². The van der Waals surface area contributed by atoms with Crippen LogP contribution in [-0.2, 0) is 9.59 Å². The van der Waals surface area contributed by atoms with Gasteiger partial charge < -0.3 is 59.3 Å². The van der Waals surface area contributed by atoms with Gasteiger partial charge in [0.25, 0.3) is 11.8 Å². The number of methoxy groups -OCH3 is 2. The molecule has 348 valence electrons. The lowest BCUT2D eigenvalue weighted by Crippen LogP contribution is -2.54. The van der Waals surface area contributed by atoms with Crippen molar-refractivity contribution >= 4 is 59.1 Å². The predicted molar refractivity (Wildman–Crippen MR) is 244 cm³/mol. The number of ether oxygens (including phenoxy) is 6. The Labute approximate surface area is 385 Å². The van der Waals surface area contributed by atoms with Gasteiger partial charge in [-0.3, -0.25) is 29.2 Å². The minimum absolute atomic E-state index is 0.0251. The molecule has 5 aliphatic heterocycles. The van der Waals surface area contributed by atoms with Gasteiger partial charge in [0.1, 0.15) is 12.1 Å². The zero-order valence-electron chi connectivity index (χ0n) is 37.4. The number of nitrogens with zero attached hydrogens (tertiary/aromatic N) is 4. The average molecular weight is 916 g/mol. The molecule has 0 aromatic heterocycles. The Morgan fingerprint density at radius 1 is 0.791 bits per heavy atom. The lowest BCUT2D eigenvalue weighted by molar-refractivity contribution is -0.130. The molecule has 4 N–H and O–H groups in total. The molecular weight excluding hydrogens is 867 g/mol. The summed E-state index contributed by atoms with van der Waals surface area (Å²) in [6.07, 6.45) is 7.09. The molecular formula is C48H49N7O12. The Bertz CT molecular complexity index is 2700. The first-order chi connectivity index (χ1) is 32.3. The number of carbonyl (C=O) groups excluding carboxylic acids is 4. The van der Waals surface area contributed by atoms with Gasteiger partial charge in [0, 0.05) is 61.8 Å². The number of nitrogens with one attached hydrogen (secondary N) is 3. The molecule has 67 heavy (non-hydrogen) atoms. The highest BCUT2D eigenvalue weighted by Crippen LogP contribution is 2.42. The zero-order chi connectivity index (χ0) is 47.4. The minimum Gasteiger partial charge on any atom is -0.493 e. The summed E-state index contributed by atoms with van der Waals surface area (Å²) in [5, 5.41) is 16.3. The van der Waals surface area contributed by atoms with Crippen LogP contribution in [0, 0.1) is 17.8 Å². The highest BCUT2D eigenvalue weighted by Gasteiger charge is 2.35. The number of amides is 5. The second-order valence-electron chi connectivity index (χ2n) is 16.4. The van der Waals surface area contributed by atoms with Crippen LogP contribution in [0.15, 0.2) is 70.4 Å². The largest absolute Gasteiger partial charge is 0.493 e.